The van der Waals surface area contributed by atoms with Crippen LogP contribution in [0.25, 0.3) is 11.2 Å². The average Bonchev–Trinajstić information content (AvgIpc) is 3.18. The molecule has 0 aromatic carbocycles. The fraction of sp³-hybridized carbons (Fsp3) is 0.714. The Hall–Kier alpha value is -2.70. The van der Waals surface area contributed by atoms with E-state index in [1.165, 1.54) is 0 Å². The summed E-state index contributed by atoms with van der Waals surface area (Å²) in [4.78, 5) is 37.1. The molecule has 0 spiro atoms. The van der Waals surface area contributed by atoms with Crippen molar-refractivity contribution in [2.24, 2.45) is 0 Å². The Bertz CT molecular complexity index is 1160. The maximum Gasteiger partial charge on any atom is 0.410 e. The van der Waals surface area contributed by atoms with E-state index in [-0.39, 0.29) is 30.1 Å². The zero-order valence-corrected chi connectivity index (χ0v) is 26.7. The number of rotatable bonds is 11. The molecule has 11 nitrogen and oxygen atoms in total. The molecule has 1 fully saturated rings. The van der Waals surface area contributed by atoms with Crippen molar-refractivity contribution in [2.45, 2.75) is 104 Å². The molecule has 3 rings (SSSR count). The van der Waals surface area contributed by atoms with Crippen molar-refractivity contribution in [3.8, 4) is 0 Å². The summed E-state index contributed by atoms with van der Waals surface area (Å²) in [6.07, 6.45) is 4.66. The van der Waals surface area contributed by atoms with Crippen LogP contribution < -0.4 is 10.6 Å². The zero-order chi connectivity index (χ0) is 29.7. The number of methoxy groups -OCH3 is 1. The zero-order valence-electron chi connectivity index (χ0n) is 25.7. The molecule has 2 aromatic heterocycles. The smallest absolute Gasteiger partial charge is 0.410 e. The van der Waals surface area contributed by atoms with Gasteiger partial charge in [0.25, 0.3) is 5.91 Å². The Morgan fingerprint density at radius 2 is 1.98 bits per heavy atom. The summed E-state index contributed by atoms with van der Waals surface area (Å²) in [5.74, 6) is 0.355. The third kappa shape index (κ3) is 9.17. The van der Waals surface area contributed by atoms with E-state index in [0.29, 0.717) is 49.0 Å². The van der Waals surface area contributed by atoms with Gasteiger partial charge in [-0.25, -0.2) is 14.8 Å². The lowest BCUT2D eigenvalue weighted by Gasteiger charge is -2.38. The number of fused-ring (bicyclic) bond motifs is 1. The Balaban J connectivity index is 1.76. The van der Waals surface area contributed by atoms with Crippen LogP contribution in [0.1, 0.15) is 57.8 Å². The standard InChI is InChI=1S/C28H48N6O5Si/c1-19(17-37-6)30-26(35)22-16-33(18-38-12-13-40(7,8)9)25-24(22)32-23(15-29-25)31-21-10-11-34(20(2)14-21)27(36)39-28(3,4)5/h15-16,19-21H,10-14,17-18H2,1-9H3,(H,30,35)(H,31,32)/t19-,20-,21-/m0/s1. The van der Waals surface area contributed by atoms with Gasteiger partial charge in [0.15, 0.2) is 5.65 Å². The number of hydrogen-bond acceptors (Lipinski definition) is 8. The minimum Gasteiger partial charge on any atom is -0.444 e. The average molecular weight is 577 g/mol. The molecule has 2 aromatic rings. The monoisotopic (exact) mass is 576 g/mol. The summed E-state index contributed by atoms with van der Waals surface area (Å²) < 4.78 is 18.5. The summed E-state index contributed by atoms with van der Waals surface area (Å²) >= 11 is 0. The highest BCUT2D eigenvalue weighted by atomic mass is 28.3. The summed E-state index contributed by atoms with van der Waals surface area (Å²) in [7, 11) is 0.387. The highest BCUT2D eigenvalue weighted by molar-refractivity contribution is 6.76. The van der Waals surface area contributed by atoms with Crippen LogP contribution >= 0.6 is 0 Å². The minimum atomic E-state index is -1.22. The highest BCUT2D eigenvalue weighted by Crippen LogP contribution is 2.25. The van der Waals surface area contributed by atoms with Crippen LogP contribution in [0.5, 0.6) is 0 Å². The maximum atomic E-state index is 13.2. The van der Waals surface area contributed by atoms with Gasteiger partial charge in [0.1, 0.15) is 23.7 Å². The molecule has 0 aliphatic carbocycles. The van der Waals surface area contributed by atoms with Gasteiger partial charge in [0, 0.05) is 52.7 Å². The first-order chi connectivity index (χ1) is 18.7. The van der Waals surface area contributed by atoms with E-state index >= 15 is 0 Å². The number of piperidine rings is 1. The highest BCUT2D eigenvalue weighted by Gasteiger charge is 2.32. The predicted molar refractivity (Wildman–Crippen MR) is 159 cm³/mol. The number of anilines is 1. The molecule has 1 aliphatic rings. The molecule has 0 saturated carbocycles. The van der Waals surface area contributed by atoms with Crippen LogP contribution in [-0.4, -0.2) is 90.1 Å². The number of hydrogen-bond donors (Lipinski definition) is 2. The SMILES string of the molecule is COC[C@H](C)NC(=O)c1cn(COCC[Si](C)(C)C)c2ncc(N[C@H]3CCN(C(=O)OC(C)(C)C)[C@@H](C)C3)nc12. The Morgan fingerprint density at radius 3 is 2.60 bits per heavy atom. The van der Waals surface area contributed by atoms with Crippen molar-refractivity contribution in [3.05, 3.63) is 18.0 Å². The van der Waals surface area contributed by atoms with Crippen molar-refractivity contribution in [2.75, 3.05) is 32.2 Å². The molecule has 40 heavy (non-hydrogen) atoms. The van der Waals surface area contributed by atoms with E-state index in [1.807, 2.05) is 39.2 Å². The lowest BCUT2D eigenvalue weighted by Crippen LogP contribution is -2.49. The van der Waals surface area contributed by atoms with E-state index in [9.17, 15) is 9.59 Å². The van der Waals surface area contributed by atoms with Crippen LogP contribution in [0.2, 0.25) is 25.7 Å². The normalized spacial score (nSPS) is 19.0. The molecule has 1 saturated heterocycles. The van der Waals surface area contributed by atoms with E-state index in [4.69, 9.17) is 19.2 Å². The van der Waals surface area contributed by atoms with Crippen molar-refractivity contribution in [1.29, 1.82) is 0 Å². The van der Waals surface area contributed by atoms with Gasteiger partial charge in [-0.2, -0.15) is 0 Å². The minimum absolute atomic E-state index is 0.00999. The summed E-state index contributed by atoms with van der Waals surface area (Å²) in [6.45, 7) is 18.4. The fourth-order valence-corrected chi connectivity index (χ4v) is 5.38. The number of nitrogens with zero attached hydrogens (tertiary/aromatic N) is 4. The third-order valence-corrected chi connectivity index (χ3v) is 8.39. The Labute approximate surface area is 239 Å². The molecular formula is C28H48N6O5Si. The number of nitrogens with one attached hydrogen (secondary N) is 2. The van der Waals surface area contributed by atoms with Gasteiger partial charge in [-0.15, -0.1) is 0 Å². The number of carbonyl (C=O) groups excluding carboxylic acids is 2. The van der Waals surface area contributed by atoms with E-state index in [2.05, 4.69) is 35.3 Å². The molecular weight excluding hydrogens is 528 g/mol. The van der Waals surface area contributed by atoms with Gasteiger partial charge < -0.3 is 34.3 Å². The molecule has 2 N–H and O–H groups in total. The molecule has 2 amide bonds. The van der Waals surface area contributed by atoms with Crippen molar-refractivity contribution >= 4 is 37.1 Å². The largest absolute Gasteiger partial charge is 0.444 e. The second-order valence-electron chi connectivity index (χ2n) is 13.0. The quantitative estimate of drug-likeness (QED) is 0.292. The molecule has 3 heterocycles. The van der Waals surface area contributed by atoms with E-state index in [0.717, 1.165) is 18.9 Å². The lowest BCUT2D eigenvalue weighted by molar-refractivity contribution is 0.0112. The third-order valence-electron chi connectivity index (χ3n) is 6.69. The van der Waals surface area contributed by atoms with Crippen molar-refractivity contribution < 1.29 is 23.8 Å². The number of carbonyl (C=O) groups is 2. The summed E-state index contributed by atoms with van der Waals surface area (Å²) in [6, 6.07) is 1.01. The first-order valence-corrected chi connectivity index (χ1v) is 17.9. The molecule has 0 bridgehead atoms. The molecule has 224 valence electrons. The van der Waals surface area contributed by atoms with Crippen LogP contribution in [-0.2, 0) is 20.9 Å². The first-order valence-electron chi connectivity index (χ1n) is 14.2. The number of likely N-dealkylation sites (tertiary alicyclic amines) is 1. The van der Waals surface area contributed by atoms with Gasteiger partial charge in [-0.1, -0.05) is 19.6 Å². The number of ether oxygens (including phenoxy) is 3. The first kappa shape index (κ1) is 31.8. The molecule has 1 aliphatic heterocycles. The molecule has 12 heteroatoms. The van der Waals surface area contributed by atoms with Crippen LogP contribution in [0, 0.1) is 0 Å². The van der Waals surface area contributed by atoms with Crippen LogP contribution in [0.3, 0.4) is 0 Å². The Morgan fingerprint density at radius 1 is 1.25 bits per heavy atom. The summed E-state index contributed by atoms with van der Waals surface area (Å²) in [5.41, 5.74) is 1.02. The lowest BCUT2D eigenvalue weighted by atomic mass is 9.99. The molecule has 3 atom stereocenters. The van der Waals surface area contributed by atoms with Crippen LogP contribution in [0.15, 0.2) is 12.4 Å². The van der Waals surface area contributed by atoms with Crippen molar-refractivity contribution in [3.63, 3.8) is 0 Å². The maximum absolute atomic E-state index is 13.2. The van der Waals surface area contributed by atoms with Crippen molar-refractivity contribution in [1.82, 2.24) is 24.8 Å². The molecule has 0 radical (unpaired) electrons. The van der Waals surface area contributed by atoms with Gasteiger partial charge >= 0.3 is 6.09 Å². The van der Waals surface area contributed by atoms with Gasteiger partial charge in [-0.05, 0) is 53.5 Å². The predicted octanol–water partition coefficient (Wildman–Crippen LogP) is 4.71. The number of amides is 2. The summed E-state index contributed by atoms with van der Waals surface area (Å²) in [5, 5.41) is 6.45. The Kier molecular flexibility index (Phi) is 10.6. The van der Waals surface area contributed by atoms with Gasteiger partial charge in [-0.3, -0.25) is 4.79 Å². The number of aromatic nitrogens is 3. The second-order valence-corrected chi connectivity index (χ2v) is 18.6. The fourth-order valence-electron chi connectivity index (χ4n) is 4.62. The van der Waals surface area contributed by atoms with Crippen LogP contribution in [0.4, 0.5) is 10.6 Å². The van der Waals surface area contributed by atoms with E-state index in [1.54, 1.807) is 24.4 Å². The second kappa shape index (κ2) is 13.3. The van der Waals surface area contributed by atoms with Gasteiger partial charge in [0.05, 0.1) is 18.4 Å². The van der Waals surface area contributed by atoms with Gasteiger partial charge in [0.2, 0.25) is 0 Å². The molecule has 0 unspecified atom stereocenters. The topological polar surface area (TPSA) is 120 Å². The van der Waals surface area contributed by atoms with E-state index < -0.39 is 13.7 Å².